The van der Waals surface area contributed by atoms with Crippen molar-refractivity contribution in [2.24, 2.45) is 56.2 Å². The molecule has 0 bridgehead atoms. The van der Waals surface area contributed by atoms with E-state index in [1.807, 2.05) is 0 Å². The summed E-state index contributed by atoms with van der Waals surface area (Å²) in [5.41, 5.74) is 1.94. The maximum absolute atomic E-state index is 13.2. The highest BCUT2D eigenvalue weighted by atomic mass is 16.5. The van der Waals surface area contributed by atoms with Crippen molar-refractivity contribution in [3.05, 3.63) is 0 Å². The lowest BCUT2D eigenvalue weighted by molar-refractivity contribution is -0.272. The van der Waals surface area contributed by atoms with Crippen LogP contribution in [0.1, 0.15) is 127 Å². The molecular formula is C32H52O3. The molecule has 10 atom stereocenters. The van der Waals surface area contributed by atoms with Gasteiger partial charge >= 0.3 is 5.97 Å². The highest BCUT2D eigenvalue weighted by molar-refractivity contribution is 5.88. The zero-order valence-electron chi connectivity index (χ0n) is 24.2. The van der Waals surface area contributed by atoms with Crippen LogP contribution in [-0.2, 0) is 14.3 Å². The summed E-state index contributed by atoms with van der Waals surface area (Å²) >= 11 is 0. The Morgan fingerprint density at radius 3 is 2.14 bits per heavy atom. The largest absolute Gasteiger partial charge is 0.455 e. The highest BCUT2D eigenvalue weighted by Gasteiger charge is 2.72. The van der Waals surface area contributed by atoms with Crippen molar-refractivity contribution >= 4 is 11.8 Å². The first-order chi connectivity index (χ1) is 16.0. The fraction of sp³-hybridized carbons (Fsp3) is 0.938. The third-order valence-electron chi connectivity index (χ3n) is 14.4. The van der Waals surface area contributed by atoms with Crippen LogP contribution < -0.4 is 0 Å². The van der Waals surface area contributed by atoms with Gasteiger partial charge in [-0.05, 0) is 114 Å². The minimum Gasteiger partial charge on any atom is -0.455 e. The predicted octanol–water partition coefficient (Wildman–Crippen LogP) is 8.00. The summed E-state index contributed by atoms with van der Waals surface area (Å²) in [7, 11) is 0. The second-order valence-electron chi connectivity index (χ2n) is 15.9. The molecule has 3 nitrogen and oxygen atoms in total. The molecule has 5 aliphatic carbocycles. The number of carbonyl (C=O) groups is 2. The highest BCUT2D eigenvalue weighted by Crippen LogP contribution is 2.79. The second kappa shape index (κ2) is 7.59. The van der Waals surface area contributed by atoms with E-state index >= 15 is 0 Å². The summed E-state index contributed by atoms with van der Waals surface area (Å²) in [4.78, 5) is 25.1. The second-order valence-corrected chi connectivity index (χ2v) is 15.9. The summed E-state index contributed by atoms with van der Waals surface area (Å²) in [5.74, 6) is 1.65. The molecular weight excluding hydrogens is 432 g/mol. The fourth-order valence-electron chi connectivity index (χ4n) is 11.5. The van der Waals surface area contributed by atoms with Crippen LogP contribution in [0.3, 0.4) is 0 Å². The first-order valence-electron chi connectivity index (χ1n) is 14.7. The van der Waals surface area contributed by atoms with Gasteiger partial charge in [0.2, 0.25) is 0 Å². The lowest BCUT2D eigenvalue weighted by atomic mass is 9.28. The Bertz CT molecular complexity index is 922. The molecule has 5 aliphatic rings. The summed E-state index contributed by atoms with van der Waals surface area (Å²) in [5, 5.41) is 0. The molecule has 0 spiro atoms. The van der Waals surface area contributed by atoms with Gasteiger partial charge in [0.25, 0.3) is 0 Å². The molecule has 0 aromatic carbocycles. The van der Waals surface area contributed by atoms with Gasteiger partial charge in [-0.1, -0.05) is 55.4 Å². The van der Waals surface area contributed by atoms with Crippen LogP contribution in [-0.4, -0.2) is 17.9 Å². The van der Waals surface area contributed by atoms with Gasteiger partial charge in [-0.15, -0.1) is 0 Å². The smallest absolute Gasteiger partial charge is 0.303 e. The van der Waals surface area contributed by atoms with Gasteiger partial charge in [-0.2, -0.15) is 0 Å². The van der Waals surface area contributed by atoms with Crippen LogP contribution >= 0.6 is 0 Å². The van der Waals surface area contributed by atoms with Crippen molar-refractivity contribution in [2.75, 3.05) is 0 Å². The van der Waals surface area contributed by atoms with Gasteiger partial charge in [0.15, 0.2) is 11.9 Å². The first kappa shape index (κ1) is 25.8. The Hall–Kier alpha value is -0.860. The summed E-state index contributed by atoms with van der Waals surface area (Å²) < 4.78 is 5.63. The molecule has 0 amide bonds. The molecule has 0 aromatic rings. The molecule has 0 N–H and O–H groups in total. The SMILES string of the molecule is CC(=O)OC1CC2C3CCC4(C)C(C)(CCC5(C)CCC(C)(C)CC54C)C3CCC2(C)C(C)C1=O. The van der Waals surface area contributed by atoms with Crippen LogP contribution in [0.4, 0.5) is 0 Å². The maximum atomic E-state index is 13.2. The van der Waals surface area contributed by atoms with Crippen molar-refractivity contribution in [1.82, 2.24) is 0 Å². The van der Waals surface area contributed by atoms with Gasteiger partial charge in [-0.25, -0.2) is 0 Å². The zero-order chi connectivity index (χ0) is 25.8. The van der Waals surface area contributed by atoms with Crippen LogP contribution in [0, 0.1) is 56.2 Å². The summed E-state index contributed by atoms with van der Waals surface area (Å²) in [6.07, 6.45) is 12.0. The number of hydrogen-bond acceptors (Lipinski definition) is 3. The Morgan fingerprint density at radius 1 is 0.829 bits per heavy atom. The van der Waals surface area contributed by atoms with Gasteiger partial charge in [0.05, 0.1) is 0 Å². The van der Waals surface area contributed by atoms with E-state index in [1.54, 1.807) is 0 Å². The van der Waals surface area contributed by atoms with Gasteiger partial charge in [0.1, 0.15) is 0 Å². The van der Waals surface area contributed by atoms with Crippen molar-refractivity contribution in [1.29, 1.82) is 0 Å². The molecule has 10 unspecified atom stereocenters. The Kier molecular flexibility index (Phi) is 5.59. The predicted molar refractivity (Wildman–Crippen MR) is 141 cm³/mol. The number of ether oxygens (including phenoxy) is 1. The molecule has 5 rings (SSSR count). The molecule has 0 radical (unpaired) electrons. The third kappa shape index (κ3) is 3.20. The Labute approximate surface area is 214 Å². The first-order valence-corrected chi connectivity index (χ1v) is 14.7. The molecule has 5 saturated carbocycles. The van der Waals surface area contributed by atoms with E-state index < -0.39 is 6.10 Å². The molecule has 0 aromatic heterocycles. The lowest BCUT2D eigenvalue weighted by Gasteiger charge is -2.76. The van der Waals surface area contributed by atoms with Crippen LogP contribution in [0.2, 0.25) is 0 Å². The summed E-state index contributed by atoms with van der Waals surface area (Å²) in [6, 6.07) is 0. The Balaban J connectivity index is 1.52. The third-order valence-corrected chi connectivity index (χ3v) is 14.4. The molecule has 0 heterocycles. The average Bonchev–Trinajstić information content (AvgIpc) is 2.76. The molecule has 5 fully saturated rings. The molecule has 35 heavy (non-hydrogen) atoms. The maximum Gasteiger partial charge on any atom is 0.303 e. The van der Waals surface area contributed by atoms with E-state index in [-0.39, 0.29) is 23.1 Å². The number of fused-ring (bicyclic) bond motifs is 7. The number of carbonyl (C=O) groups excluding carboxylic acids is 2. The topological polar surface area (TPSA) is 43.4 Å². The van der Waals surface area contributed by atoms with Crippen LogP contribution in [0.5, 0.6) is 0 Å². The van der Waals surface area contributed by atoms with E-state index in [0.717, 1.165) is 12.8 Å². The number of ketones is 1. The summed E-state index contributed by atoms with van der Waals surface area (Å²) in [6.45, 7) is 21.7. The fourth-order valence-corrected chi connectivity index (χ4v) is 11.5. The van der Waals surface area contributed by atoms with E-state index in [1.165, 1.54) is 58.3 Å². The van der Waals surface area contributed by atoms with E-state index in [2.05, 4.69) is 55.4 Å². The molecule has 0 saturated heterocycles. The molecule has 3 heteroatoms. The minimum atomic E-state index is -0.535. The van der Waals surface area contributed by atoms with Crippen LogP contribution in [0.15, 0.2) is 0 Å². The van der Waals surface area contributed by atoms with Crippen molar-refractivity contribution in [3.63, 3.8) is 0 Å². The van der Waals surface area contributed by atoms with E-state index in [0.29, 0.717) is 44.8 Å². The van der Waals surface area contributed by atoms with Crippen molar-refractivity contribution in [2.45, 2.75) is 133 Å². The quantitative estimate of drug-likeness (QED) is 0.354. The number of hydrogen-bond donors (Lipinski definition) is 0. The normalized spacial score (nSPS) is 55.1. The Morgan fingerprint density at radius 2 is 1.49 bits per heavy atom. The van der Waals surface area contributed by atoms with Crippen molar-refractivity contribution in [3.8, 4) is 0 Å². The van der Waals surface area contributed by atoms with Gasteiger partial charge in [0, 0.05) is 12.8 Å². The molecule has 0 aliphatic heterocycles. The van der Waals surface area contributed by atoms with Gasteiger partial charge in [-0.3, -0.25) is 9.59 Å². The minimum absolute atomic E-state index is 0.0287. The number of rotatable bonds is 1. The number of esters is 1. The average molecular weight is 485 g/mol. The van der Waals surface area contributed by atoms with Crippen LogP contribution in [0.25, 0.3) is 0 Å². The van der Waals surface area contributed by atoms with Gasteiger partial charge < -0.3 is 4.74 Å². The monoisotopic (exact) mass is 484 g/mol. The van der Waals surface area contributed by atoms with Crippen molar-refractivity contribution < 1.29 is 14.3 Å². The van der Waals surface area contributed by atoms with E-state index in [4.69, 9.17) is 4.74 Å². The van der Waals surface area contributed by atoms with E-state index in [9.17, 15) is 9.59 Å². The molecule has 198 valence electrons. The number of Topliss-reactive ketones (excluding diaryl/α,β-unsaturated/α-hetero) is 1. The standard InChI is InChI=1S/C32H52O3/c1-20-26(34)25(35-21(2)33)18-24-22-10-13-31(8)30(7,23(22)11-12-29(20,24)6)17-16-28(5)15-14-27(3,4)19-32(28,31)9/h20,22-25H,10-19H2,1-9H3. The zero-order valence-corrected chi connectivity index (χ0v) is 24.2. The lowest BCUT2D eigenvalue weighted by Crippen LogP contribution is -2.69.